The molecule has 1 aliphatic heterocycles. The number of cyclic esters (lactones) is 1. The highest BCUT2D eigenvalue weighted by Gasteiger charge is 2.42. The van der Waals surface area contributed by atoms with E-state index in [1.165, 1.54) is 28.8 Å². The Balaban J connectivity index is 0.000000244. The van der Waals surface area contributed by atoms with Crippen LogP contribution in [0.1, 0.15) is 115 Å². The molecule has 0 amide bonds. The van der Waals surface area contributed by atoms with E-state index < -0.39 is 18.2 Å². The van der Waals surface area contributed by atoms with Crippen molar-refractivity contribution < 1.29 is 43.9 Å². The Kier molecular flexibility index (Phi) is 15.5. The number of hydrogen-bond acceptors (Lipinski definition) is 8. The van der Waals surface area contributed by atoms with Crippen LogP contribution >= 0.6 is 0 Å². The number of aliphatic hydroxyl groups excluding tert-OH is 2. The van der Waals surface area contributed by atoms with Crippen molar-refractivity contribution in [1.29, 1.82) is 0 Å². The number of fused-ring (bicyclic) bond motifs is 1. The first-order chi connectivity index (χ1) is 25.5. The first-order valence-electron chi connectivity index (χ1n) is 19.8. The normalized spacial score (nSPS) is 26.2. The van der Waals surface area contributed by atoms with Gasteiger partial charge in [-0.2, -0.15) is 0 Å². The largest absolute Gasteiger partial charge is 0.491 e. The maximum absolute atomic E-state index is 12.5. The van der Waals surface area contributed by atoms with Crippen molar-refractivity contribution in [3.8, 4) is 5.75 Å². The molecule has 1 heterocycles. The maximum atomic E-state index is 12.5. The fourth-order valence-corrected chi connectivity index (χ4v) is 7.54. The lowest BCUT2D eigenvalue weighted by molar-refractivity contribution is -0.162. The summed E-state index contributed by atoms with van der Waals surface area (Å²) in [6.07, 6.45) is 10.5. The molecule has 0 bridgehead atoms. The summed E-state index contributed by atoms with van der Waals surface area (Å²) in [6, 6.07) is 14.7. The standard InChI is InChI=1S/C24H36O5.C21H26O4/c1-5-15(3)24(27)29-21-11-14(2)10-17-7-6-16(4)20(23(17)21)9-8-19-12-18(25)13-22(26)28-19;1-21(2,3)17-9-4-15(5-10-17)6-11-18(22)14-25-19-12-7-16(8-13-19)20(23)24/h6-7,10,14-16,18-21,23,25H,5,8-9,11-13H2,1-4H3;4-5,7-10,12-13,18,22H,6,11,14H2,1-3H3,(H,23,24)/t14-,15-,16-,18+,19+,20-,21-,23-;/m0./s1. The molecule has 2 aromatic carbocycles. The number of hydrogen-bond donors (Lipinski definition) is 3. The van der Waals surface area contributed by atoms with Crippen molar-refractivity contribution in [2.75, 3.05) is 6.61 Å². The number of carbonyl (C=O) groups is 3. The van der Waals surface area contributed by atoms with Crippen LogP contribution in [-0.4, -0.2) is 64.3 Å². The number of esters is 2. The average molecular weight is 747 g/mol. The number of aliphatic hydroxyl groups is 2. The van der Waals surface area contributed by atoms with Crippen LogP contribution in [0.2, 0.25) is 0 Å². The van der Waals surface area contributed by atoms with Gasteiger partial charge in [0.1, 0.15) is 24.6 Å². The van der Waals surface area contributed by atoms with Crippen molar-refractivity contribution in [1.82, 2.24) is 0 Å². The second-order valence-electron chi connectivity index (χ2n) is 16.6. The number of carbonyl (C=O) groups excluding carboxylic acids is 2. The molecule has 2 aliphatic carbocycles. The summed E-state index contributed by atoms with van der Waals surface area (Å²) in [5, 5.41) is 28.8. The number of aromatic carboxylic acids is 1. The molecule has 9 nitrogen and oxygen atoms in total. The lowest BCUT2D eigenvalue weighted by Crippen LogP contribution is -2.42. The Morgan fingerprint density at radius 1 is 1.00 bits per heavy atom. The minimum absolute atomic E-state index is 0.0854. The molecule has 296 valence electrons. The van der Waals surface area contributed by atoms with Gasteiger partial charge in [-0.25, -0.2) is 4.79 Å². The predicted octanol–water partition coefficient (Wildman–Crippen LogP) is 8.25. The van der Waals surface area contributed by atoms with Crippen molar-refractivity contribution in [3.63, 3.8) is 0 Å². The van der Waals surface area contributed by atoms with E-state index >= 15 is 0 Å². The van der Waals surface area contributed by atoms with Crippen LogP contribution in [0.4, 0.5) is 0 Å². The van der Waals surface area contributed by atoms with E-state index in [0.717, 1.165) is 32.1 Å². The van der Waals surface area contributed by atoms with Crippen LogP contribution in [0.25, 0.3) is 0 Å². The van der Waals surface area contributed by atoms with Crippen LogP contribution in [0.15, 0.2) is 72.3 Å². The third-order valence-electron chi connectivity index (χ3n) is 11.1. The summed E-state index contributed by atoms with van der Waals surface area (Å²) < 4.78 is 17.0. The third kappa shape index (κ3) is 12.6. The van der Waals surface area contributed by atoms with Crippen molar-refractivity contribution in [3.05, 3.63) is 89.0 Å². The molecule has 2 aromatic rings. The smallest absolute Gasteiger partial charge is 0.335 e. The quantitative estimate of drug-likeness (QED) is 0.173. The van der Waals surface area contributed by atoms with Gasteiger partial charge in [0.2, 0.25) is 0 Å². The molecule has 9 atom stereocenters. The van der Waals surface area contributed by atoms with Gasteiger partial charge in [0.25, 0.3) is 0 Å². The van der Waals surface area contributed by atoms with Crippen LogP contribution < -0.4 is 4.74 Å². The Morgan fingerprint density at radius 2 is 1.69 bits per heavy atom. The highest BCUT2D eigenvalue weighted by atomic mass is 16.6. The van der Waals surface area contributed by atoms with E-state index in [4.69, 9.17) is 19.3 Å². The highest BCUT2D eigenvalue weighted by molar-refractivity contribution is 5.87. The molecule has 9 heteroatoms. The van der Waals surface area contributed by atoms with Crippen molar-refractivity contribution in [2.24, 2.45) is 29.6 Å². The van der Waals surface area contributed by atoms with Crippen LogP contribution in [0.3, 0.4) is 0 Å². The zero-order valence-corrected chi connectivity index (χ0v) is 33.2. The van der Waals surface area contributed by atoms with Gasteiger partial charge < -0.3 is 29.5 Å². The molecule has 1 saturated heterocycles. The average Bonchev–Trinajstić information content (AvgIpc) is 3.12. The number of ether oxygens (including phenoxy) is 3. The van der Waals surface area contributed by atoms with Crippen molar-refractivity contribution in [2.45, 2.75) is 130 Å². The van der Waals surface area contributed by atoms with Crippen LogP contribution in [0, 0.1) is 29.6 Å². The van der Waals surface area contributed by atoms with Gasteiger partial charge in [-0.15, -0.1) is 0 Å². The van der Waals surface area contributed by atoms with Gasteiger partial charge in [0.15, 0.2) is 0 Å². The first kappa shape index (κ1) is 42.8. The molecular formula is C45H62O9. The van der Waals surface area contributed by atoms with E-state index in [9.17, 15) is 24.6 Å². The Bertz CT molecular complexity index is 1590. The Labute approximate surface area is 321 Å². The SMILES string of the molecule is CC(C)(C)c1ccc(CCC(O)COc2ccc(C(=O)O)cc2)cc1.CC[C@H](C)C(=O)O[C@H]1C[C@@H](C)C=C2C=C[C@H](C)[C@H](CC[C@@H]3C[C@@H](O)CC(=O)O3)[C@H]21. The fourth-order valence-electron chi connectivity index (χ4n) is 7.54. The van der Waals surface area contributed by atoms with E-state index in [1.54, 1.807) is 12.1 Å². The highest BCUT2D eigenvalue weighted by Crippen LogP contribution is 2.45. The molecule has 5 rings (SSSR count). The summed E-state index contributed by atoms with van der Waals surface area (Å²) in [4.78, 5) is 35.0. The summed E-state index contributed by atoms with van der Waals surface area (Å²) >= 11 is 0. The summed E-state index contributed by atoms with van der Waals surface area (Å²) in [6.45, 7) is 15.1. The Hall–Kier alpha value is -3.95. The molecular weight excluding hydrogens is 684 g/mol. The van der Waals surface area contributed by atoms with Gasteiger partial charge in [-0.1, -0.05) is 91.0 Å². The summed E-state index contributed by atoms with van der Waals surface area (Å²) in [7, 11) is 0. The van der Waals surface area contributed by atoms with Crippen LogP contribution in [0.5, 0.6) is 5.75 Å². The number of aryl methyl sites for hydroxylation is 1. The molecule has 0 saturated carbocycles. The number of allylic oxidation sites excluding steroid dienone is 3. The molecule has 1 fully saturated rings. The van der Waals surface area contributed by atoms with E-state index in [2.05, 4.69) is 77.1 Å². The third-order valence-corrected chi connectivity index (χ3v) is 11.1. The molecule has 0 aromatic heterocycles. The van der Waals surface area contributed by atoms with Gasteiger partial charge >= 0.3 is 17.9 Å². The maximum Gasteiger partial charge on any atom is 0.335 e. The molecule has 1 unspecified atom stereocenters. The molecule has 54 heavy (non-hydrogen) atoms. The fraction of sp³-hybridized carbons (Fsp3) is 0.578. The van der Waals surface area contributed by atoms with Gasteiger partial charge in [-0.3, -0.25) is 9.59 Å². The minimum atomic E-state index is -0.968. The zero-order valence-electron chi connectivity index (χ0n) is 33.2. The Morgan fingerprint density at radius 3 is 2.30 bits per heavy atom. The number of benzene rings is 2. The van der Waals surface area contributed by atoms with Gasteiger partial charge in [-0.05, 0) is 103 Å². The second kappa shape index (κ2) is 19.6. The van der Waals surface area contributed by atoms with E-state index in [0.29, 0.717) is 36.3 Å². The molecule has 0 spiro atoms. The monoisotopic (exact) mass is 746 g/mol. The van der Waals surface area contributed by atoms with Crippen molar-refractivity contribution >= 4 is 17.9 Å². The van der Waals surface area contributed by atoms with Gasteiger partial charge in [0.05, 0.1) is 30.1 Å². The van der Waals surface area contributed by atoms with Gasteiger partial charge in [0, 0.05) is 12.3 Å². The predicted molar refractivity (Wildman–Crippen MR) is 209 cm³/mol. The summed E-state index contributed by atoms with van der Waals surface area (Å²) in [5.74, 6) is 0.341. The van der Waals surface area contributed by atoms with E-state index in [-0.39, 0.29) is 60.0 Å². The molecule has 0 radical (unpaired) electrons. The lowest BCUT2D eigenvalue weighted by Gasteiger charge is -2.43. The zero-order chi connectivity index (χ0) is 39.6. The lowest BCUT2D eigenvalue weighted by atomic mass is 9.65. The molecule has 3 N–H and O–H groups in total. The number of carboxylic acid groups (broad SMARTS) is 1. The first-order valence-corrected chi connectivity index (χ1v) is 19.8. The number of carboxylic acids is 1. The van der Waals surface area contributed by atoms with Crippen LogP contribution in [-0.2, 0) is 30.9 Å². The summed E-state index contributed by atoms with van der Waals surface area (Å²) in [5.41, 5.74) is 4.12. The van der Waals surface area contributed by atoms with E-state index in [1.807, 2.05) is 13.8 Å². The number of rotatable bonds is 13. The molecule has 3 aliphatic rings. The minimum Gasteiger partial charge on any atom is -0.491 e. The topological polar surface area (TPSA) is 140 Å². The second-order valence-corrected chi connectivity index (χ2v) is 16.6.